The second-order valence-electron chi connectivity index (χ2n) is 9.40. The highest BCUT2D eigenvalue weighted by atomic mass is 16.6. The summed E-state index contributed by atoms with van der Waals surface area (Å²) in [5.41, 5.74) is 1.38. The molecule has 0 spiro atoms. The molecule has 0 saturated carbocycles. The quantitative estimate of drug-likeness (QED) is 0.590. The standard InChI is InChI=1S/C23H38N2O4/c1-10-11-14-25(21(27)29-23(7,8)9)17(3)18-13-12-16(2)19(15-18)24-20(26)28-22(4,5)6/h12-13,15,17H,10-11,14H2,1-9H3,(H,24,26)/t17-/m0/s1. The van der Waals surface area contributed by atoms with Gasteiger partial charge >= 0.3 is 12.2 Å². The fourth-order valence-corrected chi connectivity index (χ4v) is 2.72. The van der Waals surface area contributed by atoms with E-state index in [1.54, 1.807) is 4.90 Å². The van der Waals surface area contributed by atoms with Crippen LogP contribution in [0, 0.1) is 6.92 Å². The highest BCUT2D eigenvalue weighted by Crippen LogP contribution is 2.27. The minimum Gasteiger partial charge on any atom is -0.444 e. The van der Waals surface area contributed by atoms with Gasteiger partial charge in [-0.1, -0.05) is 25.5 Å². The lowest BCUT2D eigenvalue weighted by Crippen LogP contribution is -2.39. The maximum Gasteiger partial charge on any atom is 0.412 e. The summed E-state index contributed by atoms with van der Waals surface area (Å²) in [5, 5.41) is 2.82. The molecule has 6 heteroatoms. The molecule has 29 heavy (non-hydrogen) atoms. The van der Waals surface area contributed by atoms with Crippen molar-refractivity contribution in [3.8, 4) is 0 Å². The Morgan fingerprint density at radius 3 is 2.17 bits per heavy atom. The molecule has 0 radical (unpaired) electrons. The van der Waals surface area contributed by atoms with Crippen LogP contribution in [0.4, 0.5) is 15.3 Å². The van der Waals surface area contributed by atoms with E-state index >= 15 is 0 Å². The molecular formula is C23H38N2O4. The first-order valence-corrected chi connectivity index (χ1v) is 10.3. The van der Waals surface area contributed by atoms with Gasteiger partial charge in [-0.15, -0.1) is 0 Å². The summed E-state index contributed by atoms with van der Waals surface area (Å²) in [5.74, 6) is 0. The molecule has 0 aromatic heterocycles. The second-order valence-corrected chi connectivity index (χ2v) is 9.40. The summed E-state index contributed by atoms with van der Waals surface area (Å²) in [6.45, 7) is 17.7. The molecule has 0 saturated heterocycles. The molecule has 1 rings (SSSR count). The number of hydrogen-bond acceptors (Lipinski definition) is 4. The summed E-state index contributed by atoms with van der Waals surface area (Å²) in [6.07, 6.45) is 1.03. The minimum atomic E-state index is -0.573. The summed E-state index contributed by atoms with van der Waals surface area (Å²) in [7, 11) is 0. The van der Waals surface area contributed by atoms with Gasteiger partial charge in [0.2, 0.25) is 0 Å². The van der Waals surface area contributed by atoms with E-state index < -0.39 is 17.3 Å². The van der Waals surface area contributed by atoms with Crippen LogP contribution >= 0.6 is 0 Å². The van der Waals surface area contributed by atoms with Crippen molar-refractivity contribution in [1.82, 2.24) is 4.90 Å². The monoisotopic (exact) mass is 406 g/mol. The average Bonchev–Trinajstić information content (AvgIpc) is 2.53. The van der Waals surface area contributed by atoms with Gasteiger partial charge in [-0.25, -0.2) is 9.59 Å². The SMILES string of the molecule is CCCCN(C(=O)OC(C)(C)C)[C@@H](C)c1ccc(C)c(NC(=O)OC(C)(C)C)c1. The Bertz CT molecular complexity index is 702. The van der Waals surface area contributed by atoms with Crippen LogP contribution in [-0.4, -0.2) is 34.8 Å². The van der Waals surface area contributed by atoms with Gasteiger partial charge in [-0.3, -0.25) is 5.32 Å². The average molecular weight is 407 g/mol. The third kappa shape index (κ3) is 8.75. The number of carbonyl (C=O) groups excluding carboxylic acids is 2. The first kappa shape index (κ1) is 24.8. The highest BCUT2D eigenvalue weighted by molar-refractivity contribution is 5.86. The van der Waals surface area contributed by atoms with Crippen molar-refractivity contribution >= 4 is 17.9 Å². The topological polar surface area (TPSA) is 67.9 Å². The van der Waals surface area contributed by atoms with Crippen LogP contribution in [0.25, 0.3) is 0 Å². The summed E-state index contributed by atoms with van der Waals surface area (Å²) in [4.78, 5) is 26.7. The lowest BCUT2D eigenvalue weighted by molar-refractivity contribution is 0.0170. The highest BCUT2D eigenvalue weighted by Gasteiger charge is 2.27. The van der Waals surface area contributed by atoms with E-state index in [1.807, 2.05) is 73.6 Å². The first-order chi connectivity index (χ1) is 13.2. The van der Waals surface area contributed by atoms with Crippen molar-refractivity contribution in [2.24, 2.45) is 0 Å². The lowest BCUT2D eigenvalue weighted by Gasteiger charge is -2.32. The molecule has 1 atom stereocenters. The Morgan fingerprint density at radius 1 is 1.07 bits per heavy atom. The molecule has 0 fully saturated rings. The number of carbonyl (C=O) groups is 2. The summed E-state index contributed by atoms with van der Waals surface area (Å²) in [6, 6.07) is 5.61. The van der Waals surface area contributed by atoms with Gasteiger partial charge in [0.15, 0.2) is 0 Å². The van der Waals surface area contributed by atoms with Gasteiger partial charge in [-0.05, 0) is 79.0 Å². The number of benzene rings is 1. The summed E-state index contributed by atoms with van der Waals surface area (Å²) >= 11 is 0. The van der Waals surface area contributed by atoms with Crippen molar-refractivity contribution in [3.63, 3.8) is 0 Å². The Hall–Kier alpha value is -2.24. The van der Waals surface area contributed by atoms with Crippen LogP contribution in [0.15, 0.2) is 18.2 Å². The van der Waals surface area contributed by atoms with E-state index in [0.29, 0.717) is 12.2 Å². The zero-order valence-corrected chi connectivity index (χ0v) is 19.5. The Kier molecular flexibility index (Phi) is 8.54. The first-order valence-electron chi connectivity index (χ1n) is 10.3. The van der Waals surface area contributed by atoms with Crippen molar-refractivity contribution in [1.29, 1.82) is 0 Å². The third-order valence-corrected chi connectivity index (χ3v) is 4.23. The fraction of sp³-hybridized carbons (Fsp3) is 0.652. The number of hydrogen-bond donors (Lipinski definition) is 1. The molecular weight excluding hydrogens is 368 g/mol. The molecule has 1 N–H and O–H groups in total. The maximum atomic E-state index is 12.8. The zero-order valence-electron chi connectivity index (χ0n) is 19.5. The van der Waals surface area contributed by atoms with Crippen LogP contribution in [0.2, 0.25) is 0 Å². The number of unbranched alkanes of at least 4 members (excludes halogenated alkanes) is 1. The van der Waals surface area contributed by atoms with E-state index in [1.165, 1.54) is 0 Å². The molecule has 0 heterocycles. The maximum absolute atomic E-state index is 12.8. The van der Waals surface area contributed by atoms with Crippen LogP contribution in [0.5, 0.6) is 0 Å². The number of anilines is 1. The van der Waals surface area contributed by atoms with Gasteiger partial charge in [0.05, 0.1) is 6.04 Å². The largest absolute Gasteiger partial charge is 0.444 e. The van der Waals surface area contributed by atoms with E-state index in [-0.39, 0.29) is 12.1 Å². The zero-order chi connectivity index (χ0) is 22.4. The molecule has 0 bridgehead atoms. The van der Waals surface area contributed by atoms with E-state index in [4.69, 9.17) is 9.47 Å². The molecule has 1 aromatic carbocycles. The molecule has 0 aliphatic carbocycles. The van der Waals surface area contributed by atoms with Gasteiger partial charge in [0.25, 0.3) is 0 Å². The van der Waals surface area contributed by atoms with Gasteiger partial charge in [-0.2, -0.15) is 0 Å². The number of amides is 2. The fourth-order valence-electron chi connectivity index (χ4n) is 2.72. The van der Waals surface area contributed by atoms with Crippen molar-refractivity contribution < 1.29 is 19.1 Å². The van der Waals surface area contributed by atoms with Crippen LogP contribution in [0.1, 0.15) is 85.4 Å². The Morgan fingerprint density at radius 2 is 1.66 bits per heavy atom. The number of nitrogens with one attached hydrogen (secondary N) is 1. The van der Waals surface area contributed by atoms with E-state index in [2.05, 4.69) is 12.2 Å². The predicted octanol–water partition coefficient (Wildman–Crippen LogP) is 6.44. The molecule has 1 aromatic rings. The second kappa shape index (κ2) is 9.99. The van der Waals surface area contributed by atoms with E-state index in [9.17, 15) is 9.59 Å². The molecule has 0 unspecified atom stereocenters. The molecule has 6 nitrogen and oxygen atoms in total. The van der Waals surface area contributed by atoms with Crippen molar-refractivity contribution in [2.45, 2.75) is 92.4 Å². The predicted molar refractivity (Wildman–Crippen MR) is 117 cm³/mol. The van der Waals surface area contributed by atoms with Crippen molar-refractivity contribution in [3.05, 3.63) is 29.3 Å². The number of rotatable bonds is 6. The molecule has 0 aliphatic rings. The third-order valence-electron chi connectivity index (χ3n) is 4.23. The van der Waals surface area contributed by atoms with Gasteiger partial charge in [0, 0.05) is 12.2 Å². The van der Waals surface area contributed by atoms with Crippen LogP contribution < -0.4 is 5.32 Å². The lowest BCUT2D eigenvalue weighted by atomic mass is 10.0. The Balaban J connectivity index is 3.09. The molecule has 0 aliphatic heterocycles. The molecule has 164 valence electrons. The summed E-state index contributed by atoms with van der Waals surface area (Å²) < 4.78 is 11.0. The molecule has 2 amide bonds. The van der Waals surface area contributed by atoms with Crippen LogP contribution in [-0.2, 0) is 9.47 Å². The number of aryl methyl sites for hydroxylation is 1. The smallest absolute Gasteiger partial charge is 0.412 e. The number of nitrogens with zero attached hydrogens (tertiary/aromatic N) is 1. The Labute approximate surface area is 175 Å². The van der Waals surface area contributed by atoms with Gasteiger partial charge in [0.1, 0.15) is 11.2 Å². The van der Waals surface area contributed by atoms with E-state index in [0.717, 1.165) is 24.0 Å². The van der Waals surface area contributed by atoms with Crippen LogP contribution in [0.3, 0.4) is 0 Å². The minimum absolute atomic E-state index is 0.198. The van der Waals surface area contributed by atoms with Crippen molar-refractivity contribution in [2.75, 3.05) is 11.9 Å². The number of ether oxygens (including phenoxy) is 2. The van der Waals surface area contributed by atoms with Gasteiger partial charge < -0.3 is 14.4 Å². The normalized spacial score (nSPS) is 12.9.